The fraction of sp³-hybridized carbons (Fsp3) is 0.400. The first kappa shape index (κ1) is 20.2. The second-order valence-electron chi connectivity index (χ2n) is 7.39. The Morgan fingerprint density at radius 2 is 2.11 bits per heavy atom. The Balaban J connectivity index is 1.73. The van der Waals surface area contributed by atoms with Gasteiger partial charge >= 0.3 is 0 Å². The van der Waals surface area contributed by atoms with Crippen LogP contribution in [0.5, 0.6) is 0 Å². The van der Waals surface area contributed by atoms with E-state index in [-0.39, 0.29) is 11.2 Å². The van der Waals surface area contributed by atoms with E-state index in [9.17, 15) is 4.79 Å². The molecule has 4 nitrogen and oxygen atoms in total. The van der Waals surface area contributed by atoms with Crippen LogP contribution in [0, 0.1) is 0 Å². The Morgan fingerprint density at radius 1 is 1.32 bits per heavy atom. The summed E-state index contributed by atoms with van der Waals surface area (Å²) in [6.07, 6.45) is 0.735. The average molecular weight is 455 g/mol. The lowest BCUT2D eigenvalue weighted by Gasteiger charge is -2.29. The molecule has 0 bridgehead atoms. The van der Waals surface area contributed by atoms with Crippen molar-refractivity contribution in [1.82, 2.24) is 9.55 Å². The van der Waals surface area contributed by atoms with Gasteiger partial charge in [0.2, 0.25) is 0 Å². The average Bonchev–Trinajstić information content (AvgIpc) is 2.99. The molecule has 0 aliphatic carbocycles. The Morgan fingerprint density at radius 3 is 2.82 bits per heavy atom. The van der Waals surface area contributed by atoms with E-state index in [2.05, 4.69) is 13.8 Å². The molecule has 0 amide bonds. The molecule has 3 heterocycles. The molecule has 8 heteroatoms. The van der Waals surface area contributed by atoms with Gasteiger partial charge in [0.25, 0.3) is 5.56 Å². The zero-order chi connectivity index (χ0) is 20.1. The zero-order valence-corrected chi connectivity index (χ0v) is 19.0. The zero-order valence-electron chi connectivity index (χ0n) is 15.8. The van der Waals surface area contributed by atoms with Crippen molar-refractivity contribution in [2.24, 2.45) is 0 Å². The highest BCUT2D eigenvalue weighted by Crippen LogP contribution is 2.37. The molecule has 148 valence electrons. The van der Waals surface area contributed by atoms with Gasteiger partial charge in [0.05, 0.1) is 27.6 Å². The summed E-state index contributed by atoms with van der Waals surface area (Å²) >= 11 is 15.2. The maximum Gasteiger partial charge on any atom is 0.263 e. The highest BCUT2D eigenvalue weighted by Gasteiger charge is 2.31. The van der Waals surface area contributed by atoms with Crippen LogP contribution in [-0.2, 0) is 30.1 Å². The van der Waals surface area contributed by atoms with E-state index in [0.717, 1.165) is 37.8 Å². The van der Waals surface area contributed by atoms with Gasteiger partial charge < -0.3 is 4.74 Å². The number of thiophene rings is 1. The van der Waals surface area contributed by atoms with Crippen LogP contribution in [0.4, 0.5) is 0 Å². The summed E-state index contributed by atoms with van der Waals surface area (Å²) in [5.74, 6) is 0.663. The second-order valence-corrected chi connectivity index (χ2v) is 10.2. The molecule has 0 fully saturated rings. The predicted molar refractivity (Wildman–Crippen MR) is 118 cm³/mol. The third-order valence-corrected chi connectivity index (χ3v) is 7.71. The number of thioether (sulfide) groups is 1. The Labute approximate surface area is 181 Å². The summed E-state index contributed by atoms with van der Waals surface area (Å²) in [7, 11) is 0. The number of ether oxygens (including phenoxy) is 1. The molecular formula is C20H20Cl2N2O2S2. The van der Waals surface area contributed by atoms with Crippen LogP contribution in [0.15, 0.2) is 28.2 Å². The third-order valence-electron chi connectivity index (χ3n) is 4.82. The van der Waals surface area contributed by atoms with Gasteiger partial charge in [-0.3, -0.25) is 9.36 Å². The lowest BCUT2D eigenvalue weighted by atomic mass is 9.94. The fourth-order valence-electron chi connectivity index (χ4n) is 3.37. The number of nitrogens with zero attached hydrogens (tertiary/aromatic N) is 2. The largest absolute Gasteiger partial charge is 0.370 e. The van der Waals surface area contributed by atoms with E-state index < -0.39 is 0 Å². The topological polar surface area (TPSA) is 44.1 Å². The van der Waals surface area contributed by atoms with Crippen molar-refractivity contribution in [2.45, 2.75) is 56.9 Å². The van der Waals surface area contributed by atoms with Crippen LogP contribution < -0.4 is 5.56 Å². The molecule has 0 radical (unpaired) electrons. The first-order valence-corrected chi connectivity index (χ1v) is 11.6. The Kier molecular flexibility index (Phi) is 5.53. The lowest BCUT2D eigenvalue weighted by Crippen LogP contribution is -2.32. The van der Waals surface area contributed by atoms with Crippen LogP contribution in [0.25, 0.3) is 10.2 Å². The van der Waals surface area contributed by atoms with Crippen molar-refractivity contribution in [3.8, 4) is 0 Å². The maximum absolute atomic E-state index is 13.3. The quantitative estimate of drug-likeness (QED) is 0.361. The summed E-state index contributed by atoms with van der Waals surface area (Å²) < 4.78 is 7.68. The summed E-state index contributed by atoms with van der Waals surface area (Å²) in [5, 5.41) is 2.56. The van der Waals surface area contributed by atoms with Crippen LogP contribution in [-0.4, -0.2) is 15.2 Å². The highest BCUT2D eigenvalue weighted by atomic mass is 35.5. The molecule has 2 aromatic heterocycles. The van der Waals surface area contributed by atoms with Crippen molar-refractivity contribution in [3.63, 3.8) is 0 Å². The molecule has 4 rings (SSSR count). The number of fused-ring (bicyclic) bond motifs is 3. The molecule has 28 heavy (non-hydrogen) atoms. The van der Waals surface area contributed by atoms with Gasteiger partial charge in [-0.15, -0.1) is 11.3 Å². The van der Waals surface area contributed by atoms with Crippen molar-refractivity contribution in [1.29, 1.82) is 0 Å². The molecule has 0 unspecified atom stereocenters. The van der Waals surface area contributed by atoms with Gasteiger partial charge in [-0.05, 0) is 44.0 Å². The van der Waals surface area contributed by atoms with Gasteiger partial charge in [0, 0.05) is 23.6 Å². The van der Waals surface area contributed by atoms with Crippen LogP contribution in [0.1, 0.15) is 36.8 Å². The molecule has 0 spiro atoms. The van der Waals surface area contributed by atoms with E-state index in [0.29, 0.717) is 28.9 Å². The fourth-order valence-corrected chi connectivity index (χ4v) is 5.84. The minimum absolute atomic E-state index is 0.0411. The first-order valence-electron chi connectivity index (χ1n) is 9.05. The third kappa shape index (κ3) is 3.73. The first-order chi connectivity index (χ1) is 13.3. The van der Waals surface area contributed by atoms with Gasteiger partial charge in [0.1, 0.15) is 4.83 Å². The van der Waals surface area contributed by atoms with E-state index in [1.165, 1.54) is 11.8 Å². The van der Waals surface area contributed by atoms with Gasteiger partial charge in [0.15, 0.2) is 5.16 Å². The van der Waals surface area contributed by atoms with Crippen molar-refractivity contribution >= 4 is 56.5 Å². The van der Waals surface area contributed by atoms with Crippen molar-refractivity contribution < 1.29 is 4.74 Å². The minimum Gasteiger partial charge on any atom is -0.370 e. The number of halogens is 2. The number of benzene rings is 1. The van der Waals surface area contributed by atoms with Crippen LogP contribution in [0.3, 0.4) is 0 Å². The molecule has 0 N–H and O–H groups in total. The Bertz CT molecular complexity index is 1120. The van der Waals surface area contributed by atoms with Crippen molar-refractivity contribution in [2.75, 3.05) is 0 Å². The molecule has 0 saturated carbocycles. The SMILES string of the molecule is CCn1c(SCc2ccc(Cl)c(Cl)c2)nc2sc3c(c2c1=O)CC(C)(C)OC3. The van der Waals surface area contributed by atoms with Crippen LogP contribution >= 0.6 is 46.3 Å². The lowest BCUT2D eigenvalue weighted by molar-refractivity contribution is -0.0379. The predicted octanol–water partition coefficient (Wildman–Crippen LogP) is 5.93. The molecule has 1 aliphatic heterocycles. The molecule has 1 aliphatic rings. The molecule has 3 aromatic rings. The minimum atomic E-state index is -0.258. The molecular weight excluding hydrogens is 435 g/mol. The normalized spacial score (nSPS) is 15.8. The second kappa shape index (κ2) is 7.65. The van der Waals surface area contributed by atoms with E-state index in [4.69, 9.17) is 32.9 Å². The van der Waals surface area contributed by atoms with E-state index >= 15 is 0 Å². The van der Waals surface area contributed by atoms with Gasteiger partial charge in [-0.1, -0.05) is 41.0 Å². The summed E-state index contributed by atoms with van der Waals surface area (Å²) in [6.45, 7) is 7.22. The molecule has 1 aromatic carbocycles. The number of hydrogen-bond acceptors (Lipinski definition) is 5. The maximum atomic E-state index is 13.3. The number of rotatable bonds is 4. The molecule has 0 atom stereocenters. The summed E-state index contributed by atoms with van der Waals surface area (Å²) in [4.78, 5) is 20.0. The number of hydrogen-bond donors (Lipinski definition) is 0. The standard InChI is InChI=1S/C20H20Cl2N2O2S2/c1-4-24-18(25)16-12-8-20(2,3)26-9-15(12)28-17(16)23-19(24)27-10-11-5-6-13(21)14(22)7-11/h5-7H,4,8-10H2,1-3H3. The van der Waals surface area contributed by atoms with Gasteiger partial charge in [-0.25, -0.2) is 4.98 Å². The Hall–Kier alpha value is -1.05. The van der Waals surface area contributed by atoms with E-state index in [1.54, 1.807) is 22.0 Å². The summed E-state index contributed by atoms with van der Waals surface area (Å²) in [5.41, 5.74) is 1.93. The van der Waals surface area contributed by atoms with Gasteiger partial charge in [-0.2, -0.15) is 0 Å². The van der Waals surface area contributed by atoms with E-state index in [1.807, 2.05) is 19.1 Å². The monoisotopic (exact) mass is 454 g/mol. The van der Waals surface area contributed by atoms with Crippen LogP contribution in [0.2, 0.25) is 10.0 Å². The highest BCUT2D eigenvalue weighted by molar-refractivity contribution is 7.98. The summed E-state index contributed by atoms with van der Waals surface area (Å²) in [6, 6.07) is 5.59. The van der Waals surface area contributed by atoms with Crippen molar-refractivity contribution in [3.05, 3.63) is 54.6 Å². The number of aromatic nitrogens is 2. The smallest absolute Gasteiger partial charge is 0.263 e. The molecule has 0 saturated heterocycles.